The number of anilines is 1. The predicted octanol–water partition coefficient (Wildman–Crippen LogP) is 3.92. The number of primary amides is 1. The summed E-state index contributed by atoms with van der Waals surface area (Å²) in [6.07, 6.45) is 0. The summed E-state index contributed by atoms with van der Waals surface area (Å²) in [5.41, 5.74) is 7.64. The molecule has 8 heteroatoms. The number of nitrogens with two attached hydrogens (primary N) is 1. The Labute approximate surface area is 178 Å². The third-order valence-corrected chi connectivity index (χ3v) is 4.49. The number of carbonyl (C=O) groups is 2. The van der Waals surface area contributed by atoms with Crippen LogP contribution in [0.4, 0.5) is 5.69 Å². The molecule has 8 nitrogen and oxygen atoms in total. The molecule has 0 fully saturated rings. The van der Waals surface area contributed by atoms with Crippen molar-refractivity contribution in [2.24, 2.45) is 5.73 Å². The van der Waals surface area contributed by atoms with E-state index >= 15 is 0 Å². The van der Waals surface area contributed by atoms with Gasteiger partial charge in [-0.3, -0.25) is 14.7 Å². The first-order chi connectivity index (χ1) is 15.0. The van der Waals surface area contributed by atoms with Gasteiger partial charge >= 0.3 is 0 Å². The van der Waals surface area contributed by atoms with Crippen LogP contribution in [0.1, 0.15) is 26.5 Å². The molecular formula is C23H19N5O3. The van der Waals surface area contributed by atoms with Crippen molar-refractivity contribution in [3.05, 3.63) is 89.7 Å². The average molecular weight is 413 g/mol. The Hall–Kier alpha value is -4.46. The fourth-order valence-electron chi connectivity index (χ4n) is 2.88. The Morgan fingerprint density at radius 3 is 1.97 bits per heavy atom. The number of benzene rings is 3. The van der Waals surface area contributed by atoms with Gasteiger partial charge in [-0.1, -0.05) is 0 Å². The highest BCUT2D eigenvalue weighted by molar-refractivity contribution is 6.04. The summed E-state index contributed by atoms with van der Waals surface area (Å²) in [4.78, 5) is 27.9. The molecule has 1 aromatic heterocycles. The number of H-pyrrole nitrogens is 1. The van der Waals surface area contributed by atoms with Crippen molar-refractivity contribution < 1.29 is 14.3 Å². The minimum atomic E-state index is -0.496. The van der Waals surface area contributed by atoms with Crippen LogP contribution in [0.5, 0.6) is 11.5 Å². The quantitative estimate of drug-likeness (QED) is 0.442. The third kappa shape index (κ3) is 4.76. The average Bonchev–Trinajstić information content (AvgIpc) is 3.21. The monoisotopic (exact) mass is 413 g/mol. The van der Waals surface area contributed by atoms with Gasteiger partial charge in [0.05, 0.1) is 0 Å². The van der Waals surface area contributed by atoms with Crippen molar-refractivity contribution in [2.75, 3.05) is 5.32 Å². The first kappa shape index (κ1) is 19.8. The zero-order valence-electron chi connectivity index (χ0n) is 16.6. The van der Waals surface area contributed by atoms with Crippen LogP contribution < -0.4 is 15.8 Å². The van der Waals surface area contributed by atoms with Gasteiger partial charge in [-0.15, -0.1) is 0 Å². The second-order valence-electron chi connectivity index (χ2n) is 6.79. The molecule has 2 amide bonds. The molecule has 31 heavy (non-hydrogen) atoms. The molecule has 0 aliphatic rings. The maximum Gasteiger partial charge on any atom is 0.255 e. The van der Waals surface area contributed by atoms with E-state index in [0.717, 1.165) is 11.4 Å². The summed E-state index contributed by atoms with van der Waals surface area (Å²) in [6.45, 7) is 1.83. The third-order valence-electron chi connectivity index (χ3n) is 4.49. The maximum absolute atomic E-state index is 12.5. The lowest BCUT2D eigenvalue weighted by molar-refractivity contribution is 0.0997. The zero-order chi connectivity index (χ0) is 21.8. The SMILES string of the molecule is Cc1nc(-c2ccc(NC(=O)c3ccc(Oc4ccc(C(N)=O)cc4)cc3)cc2)n[nH]1. The van der Waals surface area contributed by atoms with Crippen LogP contribution in [-0.2, 0) is 0 Å². The van der Waals surface area contributed by atoms with E-state index in [0.29, 0.717) is 34.1 Å². The zero-order valence-corrected chi connectivity index (χ0v) is 16.6. The summed E-state index contributed by atoms with van der Waals surface area (Å²) in [7, 11) is 0. The van der Waals surface area contributed by atoms with Gasteiger partial charge in [0.25, 0.3) is 5.91 Å². The molecule has 0 saturated heterocycles. The molecule has 1 heterocycles. The normalized spacial score (nSPS) is 10.5. The second-order valence-corrected chi connectivity index (χ2v) is 6.79. The van der Waals surface area contributed by atoms with Crippen LogP contribution in [0.25, 0.3) is 11.4 Å². The highest BCUT2D eigenvalue weighted by Gasteiger charge is 2.09. The number of ether oxygens (including phenoxy) is 1. The number of nitrogens with zero attached hydrogens (tertiary/aromatic N) is 2. The van der Waals surface area contributed by atoms with Crippen molar-refractivity contribution >= 4 is 17.5 Å². The van der Waals surface area contributed by atoms with Crippen LogP contribution >= 0.6 is 0 Å². The summed E-state index contributed by atoms with van der Waals surface area (Å²) in [6, 6.07) is 20.5. The van der Waals surface area contributed by atoms with E-state index in [4.69, 9.17) is 10.5 Å². The van der Waals surface area contributed by atoms with Crippen LogP contribution in [0.15, 0.2) is 72.8 Å². The fraction of sp³-hybridized carbons (Fsp3) is 0.0435. The lowest BCUT2D eigenvalue weighted by atomic mass is 10.1. The largest absolute Gasteiger partial charge is 0.457 e. The number of nitrogens with one attached hydrogen (secondary N) is 2. The number of aryl methyl sites for hydroxylation is 1. The molecular weight excluding hydrogens is 394 g/mol. The highest BCUT2D eigenvalue weighted by atomic mass is 16.5. The molecule has 3 aromatic carbocycles. The molecule has 0 saturated carbocycles. The highest BCUT2D eigenvalue weighted by Crippen LogP contribution is 2.23. The van der Waals surface area contributed by atoms with E-state index in [9.17, 15) is 9.59 Å². The first-order valence-electron chi connectivity index (χ1n) is 9.46. The number of carbonyl (C=O) groups excluding carboxylic acids is 2. The molecule has 0 aliphatic carbocycles. The number of hydrogen-bond donors (Lipinski definition) is 3. The van der Waals surface area contributed by atoms with Crippen molar-refractivity contribution in [3.8, 4) is 22.9 Å². The molecule has 4 N–H and O–H groups in total. The van der Waals surface area contributed by atoms with Gasteiger partial charge in [0.1, 0.15) is 17.3 Å². The first-order valence-corrected chi connectivity index (χ1v) is 9.46. The van der Waals surface area contributed by atoms with Crippen LogP contribution in [0.2, 0.25) is 0 Å². The topological polar surface area (TPSA) is 123 Å². The van der Waals surface area contributed by atoms with Gasteiger partial charge < -0.3 is 15.8 Å². The number of hydrogen-bond acceptors (Lipinski definition) is 5. The second kappa shape index (κ2) is 8.50. The lowest BCUT2D eigenvalue weighted by Gasteiger charge is -2.08. The minimum Gasteiger partial charge on any atom is -0.457 e. The van der Waals surface area contributed by atoms with E-state index < -0.39 is 5.91 Å². The molecule has 4 rings (SSSR count). The van der Waals surface area contributed by atoms with Gasteiger partial charge in [0.2, 0.25) is 5.91 Å². The number of amides is 2. The standard InChI is InChI=1S/C23H19N5O3/c1-14-25-22(28-27-14)16-2-8-18(9-3-16)26-23(30)17-6-12-20(13-7-17)31-19-10-4-15(5-11-19)21(24)29/h2-13H,1H3,(H2,24,29)(H,26,30)(H,25,27,28). The number of aromatic nitrogens is 3. The van der Waals surface area contributed by atoms with Gasteiger partial charge in [-0.25, -0.2) is 4.98 Å². The van der Waals surface area contributed by atoms with Crippen LogP contribution in [0.3, 0.4) is 0 Å². The van der Waals surface area contributed by atoms with Gasteiger partial charge in [0, 0.05) is 22.4 Å². The lowest BCUT2D eigenvalue weighted by Crippen LogP contribution is -2.11. The van der Waals surface area contributed by atoms with Crippen LogP contribution in [0, 0.1) is 6.92 Å². The minimum absolute atomic E-state index is 0.237. The molecule has 4 aromatic rings. The predicted molar refractivity (Wildman–Crippen MR) is 116 cm³/mol. The van der Waals surface area contributed by atoms with Crippen molar-refractivity contribution in [1.29, 1.82) is 0 Å². The van der Waals surface area contributed by atoms with Crippen molar-refractivity contribution in [1.82, 2.24) is 15.2 Å². The number of aromatic amines is 1. The maximum atomic E-state index is 12.5. The van der Waals surface area contributed by atoms with E-state index in [1.807, 2.05) is 19.1 Å². The van der Waals surface area contributed by atoms with E-state index in [1.165, 1.54) is 0 Å². The summed E-state index contributed by atoms with van der Waals surface area (Å²) in [5.74, 6) is 1.74. The van der Waals surface area contributed by atoms with E-state index in [1.54, 1.807) is 60.7 Å². The number of rotatable bonds is 6. The Kier molecular flexibility index (Phi) is 5.44. The summed E-state index contributed by atoms with van der Waals surface area (Å²) in [5, 5.41) is 9.78. The summed E-state index contributed by atoms with van der Waals surface area (Å²) >= 11 is 0. The Morgan fingerprint density at radius 2 is 1.45 bits per heavy atom. The van der Waals surface area contributed by atoms with Gasteiger partial charge in [-0.05, 0) is 79.7 Å². The van der Waals surface area contributed by atoms with Crippen LogP contribution in [-0.4, -0.2) is 27.0 Å². The molecule has 0 atom stereocenters. The Morgan fingerprint density at radius 1 is 0.871 bits per heavy atom. The molecule has 0 unspecified atom stereocenters. The molecule has 0 spiro atoms. The Bertz CT molecular complexity index is 1210. The van der Waals surface area contributed by atoms with Gasteiger partial charge in [0.15, 0.2) is 5.82 Å². The molecule has 0 bridgehead atoms. The smallest absolute Gasteiger partial charge is 0.255 e. The van der Waals surface area contributed by atoms with E-state index in [2.05, 4.69) is 20.5 Å². The fourth-order valence-corrected chi connectivity index (χ4v) is 2.88. The van der Waals surface area contributed by atoms with E-state index in [-0.39, 0.29) is 5.91 Å². The van der Waals surface area contributed by atoms with Crippen molar-refractivity contribution in [2.45, 2.75) is 6.92 Å². The van der Waals surface area contributed by atoms with Crippen molar-refractivity contribution in [3.63, 3.8) is 0 Å². The molecule has 0 aliphatic heterocycles. The molecule has 154 valence electrons. The summed E-state index contributed by atoms with van der Waals surface area (Å²) < 4.78 is 5.72. The Balaban J connectivity index is 1.38. The molecule has 0 radical (unpaired) electrons. The van der Waals surface area contributed by atoms with Gasteiger partial charge in [-0.2, -0.15) is 5.10 Å².